The SMILES string of the molecule is CCC(C)(CC)CC=C(C)CC(C)(CC)CC. The van der Waals surface area contributed by atoms with Crippen molar-refractivity contribution >= 4 is 0 Å². The fraction of sp³-hybridized carbons (Fsp3) is 0.882. The van der Waals surface area contributed by atoms with E-state index in [0.29, 0.717) is 10.8 Å². The topological polar surface area (TPSA) is 0 Å². The van der Waals surface area contributed by atoms with E-state index in [2.05, 4.69) is 54.5 Å². The van der Waals surface area contributed by atoms with Crippen LogP contribution in [0.3, 0.4) is 0 Å². The van der Waals surface area contributed by atoms with Crippen LogP contribution < -0.4 is 0 Å². The Morgan fingerprint density at radius 1 is 0.824 bits per heavy atom. The van der Waals surface area contributed by atoms with Gasteiger partial charge in [-0.3, -0.25) is 0 Å². The predicted molar refractivity (Wildman–Crippen MR) is 80.4 cm³/mol. The van der Waals surface area contributed by atoms with E-state index in [9.17, 15) is 0 Å². The molecule has 0 fully saturated rings. The first-order valence-electron chi connectivity index (χ1n) is 7.50. The summed E-state index contributed by atoms with van der Waals surface area (Å²) < 4.78 is 0. The highest BCUT2D eigenvalue weighted by atomic mass is 14.3. The van der Waals surface area contributed by atoms with Crippen LogP contribution in [0.5, 0.6) is 0 Å². The molecule has 0 heterocycles. The summed E-state index contributed by atoms with van der Waals surface area (Å²) in [5, 5.41) is 0. The zero-order valence-electron chi connectivity index (χ0n) is 13.3. The Morgan fingerprint density at radius 3 is 1.59 bits per heavy atom. The first-order valence-corrected chi connectivity index (χ1v) is 7.50. The second-order valence-corrected chi connectivity index (χ2v) is 6.47. The van der Waals surface area contributed by atoms with E-state index in [0.717, 1.165) is 0 Å². The van der Waals surface area contributed by atoms with Crippen molar-refractivity contribution in [2.45, 2.75) is 87.0 Å². The van der Waals surface area contributed by atoms with Crippen LogP contribution in [0.15, 0.2) is 11.6 Å². The minimum Gasteiger partial charge on any atom is -0.0850 e. The van der Waals surface area contributed by atoms with E-state index < -0.39 is 0 Å². The lowest BCUT2D eigenvalue weighted by atomic mass is 9.77. The van der Waals surface area contributed by atoms with Crippen molar-refractivity contribution in [1.29, 1.82) is 0 Å². The average molecular weight is 238 g/mol. The fourth-order valence-corrected chi connectivity index (χ4v) is 2.20. The molecule has 0 bridgehead atoms. The van der Waals surface area contributed by atoms with E-state index in [1.165, 1.54) is 38.5 Å². The summed E-state index contributed by atoms with van der Waals surface area (Å²) in [7, 11) is 0. The van der Waals surface area contributed by atoms with E-state index >= 15 is 0 Å². The van der Waals surface area contributed by atoms with Crippen LogP contribution >= 0.6 is 0 Å². The normalized spacial score (nSPS) is 14.2. The number of allylic oxidation sites excluding steroid dienone is 2. The zero-order chi connectivity index (χ0) is 13.5. The highest BCUT2D eigenvalue weighted by molar-refractivity contribution is 5.03. The first-order chi connectivity index (χ1) is 7.84. The monoisotopic (exact) mass is 238 g/mol. The van der Waals surface area contributed by atoms with Crippen LogP contribution in [0.25, 0.3) is 0 Å². The van der Waals surface area contributed by atoms with Crippen molar-refractivity contribution in [1.82, 2.24) is 0 Å². The van der Waals surface area contributed by atoms with Gasteiger partial charge in [-0.1, -0.05) is 78.9 Å². The molecule has 0 amide bonds. The summed E-state index contributed by atoms with van der Waals surface area (Å²) in [6.07, 6.45) is 10.1. The van der Waals surface area contributed by atoms with Crippen LogP contribution in [-0.4, -0.2) is 0 Å². The van der Waals surface area contributed by atoms with Crippen LogP contribution in [0.1, 0.15) is 87.0 Å². The molecular weight excluding hydrogens is 204 g/mol. The van der Waals surface area contributed by atoms with Gasteiger partial charge in [0, 0.05) is 0 Å². The van der Waals surface area contributed by atoms with Crippen molar-refractivity contribution in [2.75, 3.05) is 0 Å². The van der Waals surface area contributed by atoms with Crippen molar-refractivity contribution in [3.05, 3.63) is 11.6 Å². The van der Waals surface area contributed by atoms with Crippen molar-refractivity contribution in [3.63, 3.8) is 0 Å². The van der Waals surface area contributed by atoms with Crippen molar-refractivity contribution < 1.29 is 0 Å². The molecular formula is C17H34. The molecule has 0 nitrogen and oxygen atoms in total. The van der Waals surface area contributed by atoms with Crippen LogP contribution in [0.4, 0.5) is 0 Å². The molecule has 0 aliphatic rings. The molecule has 0 unspecified atom stereocenters. The maximum atomic E-state index is 2.50. The maximum absolute atomic E-state index is 2.50. The molecule has 0 aromatic carbocycles. The number of hydrogen-bond acceptors (Lipinski definition) is 0. The van der Waals surface area contributed by atoms with Crippen molar-refractivity contribution in [2.24, 2.45) is 10.8 Å². The molecule has 0 spiro atoms. The molecule has 102 valence electrons. The standard InChI is InChI=1S/C17H34/c1-8-16(6,9-2)13-12-15(5)14-17(7,10-3)11-4/h12H,8-11,13-14H2,1-7H3. The third kappa shape index (κ3) is 5.75. The fourth-order valence-electron chi connectivity index (χ4n) is 2.20. The van der Waals surface area contributed by atoms with Gasteiger partial charge in [0.05, 0.1) is 0 Å². The highest BCUT2D eigenvalue weighted by Crippen LogP contribution is 2.35. The van der Waals surface area contributed by atoms with E-state index in [1.807, 2.05) is 0 Å². The molecule has 0 saturated heterocycles. The Morgan fingerprint density at radius 2 is 1.24 bits per heavy atom. The summed E-state index contributed by atoms with van der Waals surface area (Å²) in [6.45, 7) is 16.4. The minimum absolute atomic E-state index is 0.509. The molecule has 0 aromatic heterocycles. The Hall–Kier alpha value is -0.260. The quantitative estimate of drug-likeness (QED) is 0.431. The van der Waals surface area contributed by atoms with E-state index in [4.69, 9.17) is 0 Å². The average Bonchev–Trinajstić information content (AvgIpc) is 2.35. The third-order valence-electron chi connectivity index (χ3n) is 5.06. The molecule has 0 radical (unpaired) electrons. The van der Waals surface area contributed by atoms with Gasteiger partial charge < -0.3 is 0 Å². The lowest BCUT2D eigenvalue weighted by molar-refractivity contribution is 0.287. The molecule has 0 aliphatic heterocycles. The van der Waals surface area contributed by atoms with E-state index in [1.54, 1.807) is 5.57 Å². The zero-order valence-corrected chi connectivity index (χ0v) is 13.3. The Kier molecular flexibility index (Phi) is 7.13. The third-order valence-corrected chi connectivity index (χ3v) is 5.06. The van der Waals surface area contributed by atoms with Crippen LogP contribution in [0.2, 0.25) is 0 Å². The van der Waals surface area contributed by atoms with Gasteiger partial charge in [-0.2, -0.15) is 0 Å². The number of rotatable bonds is 8. The van der Waals surface area contributed by atoms with Gasteiger partial charge in [0.25, 0.3) is 0 Å². The second kappa shape index (κ2) is 7.24. The minimum atomic E-state index is 0.509. The van der Waals surface area contributed by atoms with Gasteiger partial charge in [-0.15, -0.1) is 0 Å². The molecule has 0 N–H and O–H groups in total. The van der Waals surface area contributed by atoms with Crippen LogP contribution in [0, 0.1) is 10.8 Å². The molecule has 0 rings (SSSR count). The largest absolute Gasteiger partial charge is 0.0850 e. The molecule has 0 heteroatoms. The molecule has 0 aromatic rings. The molecule has 17 heavy (non-hydrogen) atoms. The number of hydrogen-bond donors (Lipinski definition) is 0. The second-order valence-electron chi connectivity index (χ2n) is 6.47. The summed E-state index contributed by atoms with van der Waals surface area (Å²) in [5.74, 6) is 0. The Balaban J connectivity index is 4.46. The summed E-state index contributed by atoms with van der Waals surface area (Å²) in [5.41, 5.74) is 2.61. The summed E-state index contributed by atoms with van der Waals surface area (Å²) in [6, 6.07) is 0. The summed E-state index contributed by atoms with van der Waals surface area (Å²) in [4.78, 5) is 0. The van der Waals surface area contributed by atoms with Gasteiger partial charge >= 0.3 is 0 Å². The molecule has 0 atom stereocenters. The van der Waals surface area contributed by atoms with Gasteiger partial charge in [0.15, 0.2) is 0 Å². The Labute approximate surface area is 110 Å². The van der Waals surface area contributed by atoms with Crippen LogP contribution in [-0.2, 0) is 0 Å². The smallest absolute Gasteiger partial charge is 0.0269 e. The maximum Gasteiger partial charge on any atom is -0.0269 e. The lowest BCUT2D eigenvalue weighted by Gasteiger charge is -2.29. The predicted octanol–water partition coefficient (Wildman–Crippen LogP) is 6.37. The molecule has 0 saturated carbocycles. The summed E-state index contributed by atoms with van der Waals surface area (Å²) >= 11 is 0. The Bertz CT molecular complexity index is 226. The molecule has 0 aliphatic carbocycles. The lowest BCUT2D eigenvalue weighted by Crippen LogP contribution is -2.15. The van der Waals surface area contributed by atoms with Gasteiger partial charge in [0.1, 0.15) is 0 Å². The van der Waals surface area contributed by atoms with Crippen molar-refractivity contribution in [3.8, 4) is 0 Å². The first kappa shape index (κ1) is 16.7. The van der Waals surface area contributed by atoms with E-state index in [-0.39, 0.29) is 0 Å². The van der Waals surface area contributed by atoms with Gasteiger partial charge in [-0.25, -0.2) is 0 Å². The highest BCUT2D eigenvalue weighted by Gasteiger charge is 2.21. The van der Waals surface area contributed by atoms with Gasteiger partial charge in [0.2, 0.25) is 0 Å². The van der Waals surface area contributed by atoms with Gasteiger partial charge in [-0.05, 0) is 30.6 Å².